The summed E-state index contributed by atoms with van der Waals surface area (Å²) in [5, 5.41) is 0. The largest absolute Gasteiger partial charge is 0.466 e. The van der Waals surface area contributed by atoms with E-state index in [1.165, 1.54) is 0 Å². The maximum atomic E-state index is 12.0. The monoisotopic (exact) mass is 355 g/mol. The molecule has 0 fully saturated rings. The lowest BCUT2D eigenvalue weighted by Crippen LogP contribution is -2.17. The molecule has 0 radical (unpaired) electrons. The number of unbranched alkanes of at least 4 members (excludes halogenated alkanes) is 1. The van der Waals surface area contributed by atoms with Crippen LogP contribution in [0.3, 0.4) is 0 Å². The van der Waals surface area contributed by atoms with E-state index >= 15 is 0 Å². The average molecular weight is 355 g/mol. The zero-order chi connectivity index (χ0) is 17.0. The molecule has 2 aliphatic rings. The molecule has 0 amide bonds. The summed E-state index contributed by atoms with van der Waals surface area (Å²) < 4.78 is 7.49. The molecule has 0 aliphatic carbocycles. The van der Waals surface area contributed by atoms with Gasteiger partial charge in [-0.05, 0) is 39.4 Å². The molecule has 2 aliphatic heterocycles. The lowest BCUT2D eigenvalue weighted by molar-refractivity contribution is -0.143. The van der Waals surface area contributed by atoms with Crippen molar-refractivity contribution in [2.75, 3.05) is 18.1 Å². The summed E-state index contributed by atoms with van der Waals surface area (Å²) in [6.07, 6.45) is 2.13. The highest BCUT2D eigenvalue weighted by molar-refractivity contribution is 8.01. The Labute approximate surface area is 143 Å². The van der Waals surface area contributed by atoms with Crippen LogP contribution < -0.4 is 11.4 Å². The van der Waals surface area contributed by atoms with E-state index in [4.69, 9.17) is 10.5 Å². The Morgan fingerprint density at radius 1 is 1.39 bits per heavy atom. The van der Waals surface area contributed by atoms with E-state index in [0.29, 0.717) is 18.7 Å². The Balaban J connectivity index is 2.02. The molecule has 0 aromatic carbocycles. The molecule has 0 atom stereocenters. The van der Waals surface area contributed by atoms with Gasteiger partial charge in [-0.25, -0.2) is 4.79 Å². The van der Waals surface area contributed by atoms with Gasteiger partial charge in [-0.2, -0.15) is 4.98 Å². The second-order valence-electron chi connectivity index (χ2n) is 5.11. The smallest absolute Gasteiger partial charge is 0.354 e. The average Bonchev–Trinajstić information content (AvgIpc) is 2.79. The van der Waals surface area contributed by atoms with Gasteiger partial charge in [0.15, 0.2) is 5.82 Å². The first-order chi connectivity index (χ1) is 11.0. The van der Waals surface area contributed by atoms with Crippen molar-refractivity contribution in [3.8, 4) is 5.69 Å². The number of rotatable bonds is 7. The Bertz CT molecular complexity index is 724. The van der Waals surface area contributed by atoms with Gasteiger partial charge in [0.1, 0.15) is 5.69 Å². The van der Waals surface area contributed by atoms with Crippen molar-refractivity contribution in [2.45, 2.75) is 44.2 Å². The van der Waals surface area contributed by atoms with Gasteiger partial charge in [-0.1, -0.05) is 0 Å². The van der Waals surface area contributed by atoms with Gasteiger partial charge in [-0.15, -0.1) is 23.1 Å². The van der Waals surface area contributed by atoms with Crippen LogP contribution in [0.1, 0.15) is 36.8 Å². The molecule has 0 bridgehead atoms. The zero-order valence-corrected chi connectivity index (χ0v) is 15.2. The standard InChI is InChI=1S/C15H21N3O3S2/c1-4-21-11(19)7-5-6-8-22-14-12-13(16)17-15(20)18(12)9(2)10(3)23-14/h4-8H2,1-3H3,(H2,16,17,20). The molecule has 2 heterocycles. The number of nitrogens with two attached hydrogens (primary N) is 1. The summed E-state index contributed by atoms with van der Waals surface area (Å²) in [5.74, 6) is 0.987. The van der Waals surface area contributed by atoms with E-state index in [9.17, 15) is 9.59 Å². The van der Waals surface area contributed by atoms with Crippen LogP contribution in [0.15, 0.2) is 9.00 Å². The van der Waals surface area contributed by atoms with Gasteiger partial charge in [0.2, 0.25) is 0 Å². The number of carbonyl (C=O) groups is 1. The summed E-state index contributed by atoms with van der Waals surface area (Å²) in [5.41, 5.74) is 7.16. The zero-order valence-electron chi connectivity index (χ0n) is 13.5. The Morgan fingerprint density at radius 3 is 2.83 bits per heavy atom. The molecule has 0 unspecified atom stereocenters. The fourth-order valence-electron chi connectivity index (χ4n) is 2.21. The SMILES string of the molecule is CCOC(=O)CCCCSc1sc(C)c(C)n2c(=O)nc(N)c1-2. The van der Waals surface area contributed by atoms with E-state index in [1.807, 2.05) is 13.8 Å². The number of anilines is 1. The normalized spacial score (nSPS) is 11.1. The van der Waals surface area contributed by atoms with Crippen molar-refractivity contribution in [2.24, 2.45) is 0 Å². The van der Waals surface area contributed by atoms with E-state index < -0.39 is 0 Å². The maximum absolute atomic E-state index is 12.0. The van der Waals surface area contributed by atoms with Crippen LogP contribution in [-0.4, -0.2) is 27.9 Å². The predicted octanol–water partition coefficient (Wildman–Crippen LogP) is 2.76. The number of esters is 1. The van der Waals surface area contributed by atoms with Crippen LogP contribution in [0.2, 0.25) is 0 Å². The van der Waals surface area contributed by atoms with Crippen molar-refractivity contribution >= 4 is 34.9 Å². The van der Waals surface area contributed by atoms with E-state index in [1.54, 1.807) is 34.6 Å². The fraction of sp³-hybridized carbons (Fsp3) is 0.533. The molecule has 0 saturated heterocycles. The second kappa shape index (κ2) is 7.83. The highest BCUT2D eigenvalue weighted by Gasteiger charge is 2.21. The van der Waals surface area contributed by atoms with Crippen molar-refractivity contribution in [3.05, 3.63) is 21.1 Å². The van der Waals surface area contributed by atoms with Gasteiger partial charge < -0.3 is 10.5 Å². The summed E-state index contributed by atoms with van der Waals surface area (Å²) >= 11 is 3.28. The predicted molar refractivity (Wildman–Crippen MR) is 94.0 cm³/mol. The number of ether oxygens (including phenoxy) is 1. The quantitative estimate of drug-likeness (QED) is 0.467. The molecule has 0 aromatic rings. The van der Waals surface area contributed by atoms with Crippen LogP contribution in [0, 0.1) is 13.8 Å². The third kappa shape index (κ3) is 4.06. The van der Waals surface area contributed by atoms with E-state index in [0.717, 1.165) is 33.4 Å². The number of hydrogen-bond acceptors (Lipinski definition) is 7. The molecular weight excluding hydrogens is 334 g/mol. The van der Waals surface area contributed by atoms with E-state index in [2.05, 4.69) is 4.98 Å². The number of aromatic nitrogens is 2. The first-order valence-electron chi connectivity index (χ1n) is 7.52. The number of carbonyl (C=O) groups excluding carboxylic acids is 1. The minimum Gasteiger partial charge on any atom is -0.466 e. The maximum Gasteiger partial charge on any atom is 0.354 e. The van der Waals surface area contributed by atoms with Crippen LogP contribution in [0.4, 0.5) is 5.82 Å². The lowest BCUT2D eigenvalue weighted by atomic mass is 10.2. The highest BCUT2D eigenvalue weighted by atomic mass is 32.2. The molecule has 0 aromatic heterocycles. The number of aryl methyl sites for hydroxylation is 1. The summed E-state index contributed by atoms with van der Waals surface area (Å²) in [6.45, 7) is 6.11. The third-order valence-corrected chi connectivity index (χ3v) is 6.00. The summed E-state index contributed by atoms with van der Waals surface area (Å²) in [6, 6.07) is 0. The molecule has 0 saturated carbocycles. The minimum atomic E-state index is -0.324. The summed E-state index contributed by atoms with van der Waals surface area (Å²) in [7, 11) is 0. The van der Waals surface area contributed by atoms with Crippen LogP contribution in [0.25, 0.3) is 5.69 Å². The van der Waals surface area contributed by atoms with Gasteiger partial charge in [0, 0.05) is 17.0 Å². The number of fused-ring (bicyclic) bond motifs is 1. The highest BCUT2D eigenvalue weighted by Crippen LogP contribution is 2.37. The second-order valence-corrected chi connectivity index (χ2v) is 7.69. The fourth-order valence-corrected chi connectivity index (χ4v) is 4.75. The van der Waals surface area contributed by atoms with Crippen molar-refractivity contribution in [1.29, 1.82) is 0 Å². The van der Waals surface area contributed by atoms with Gasteiger partial charge >= 0.3 is 11.7 Å². The van der Waals surface area contributed by atoms with Crippen LogP contribution >= 0.6 is 23.1 Å². The number of thioether (sulfide) groups is 1. The molecule has 2 N–H and O–H groups in total. The number of nitrogen functional groups attached to an aromatic ring is 1. The minimum absolute atomic E-state index is 0.148. The Kier molecular flexibility index (Phi) is 6.06. The summed E-state index contributed by atoms with van der Waals surface area (Å²) in [4.78, 5) is 28.2. The Hall–Kier alpha value is -1.54. The Morgan fingerprint density at radius 2 is 2.13 bits per heavy atom. The molecule has 0 spiro atoms. The van der Waals surface area contributed by atoms with Crippen LogP contribution in [0.5, 0.6) is 0 Å². The molecule has 2 rings (SSSR count). The molecule has 6 nitrogen and oxygen atoms in total. The number of imidazole rings is 1. The van der Waals surface area contributed by atoms with Gasteiger partial charge in [0.25, 0.3) is 0 Å². The van der Waals surface area contributed by atoms with Crippen molar-refractivity contribution < 1.29 is 9.53 Å². The molecule has 126 valence electrons. The van der Waals surface area contributed by atoms with Crippen LogP contribution in [-0.2, 0) is 9.53 Å². The van der Waals surface area contributed by atoms with E-state index in [-0.39, 0.29) is 17.5 Å². The van der Waals surface area contributed by atoms with Crippen molar-refractivity contribution in [1.82, 2.24) is 9.55 Å². The molecular formula is C15H21N3O3S2. The molecule has 23 heavy (non-hydrogen) atoms. The molecule has 8 heteroatoms. The first-order valence-corrected chi connectivity index (χ1v) is 9.32. The number of nitrogens with zero attached hydrogens (tertiary/aromatic N) is 2. The number of hydrogen-bond donors (Lipinski definition) is 1. The van der Waals surface area contributed by atoms with Crippen molar-refractivity contribution in [3.63, 3.8) is 0 Å². The van der Waals surface area contributed by atoms with Gasteiger partial charge in [-0.3, -0.25) is 9.36 Å². The van der Waals surface area contributed by atoms with Gasteiger partial charge in [0.05, 0.1) is 10.8 Å². The topological polar surface area (TPSA) is 87.2 Å². The first kappa shape index (κ1) is 17.8. The third-order valence-electron chi connectivity index (χ3n) is 3.47. The lowest BCUT2D eigenvalue weighted by Gasteiger charge is -2.14.